The molecule has 3 N–H and O–H groups in total. The molecule has 1 saturated carbocycles. The minimum atomic E-state index is -0.0575. The van der Waals surface area contributed by atoms with Crippen molar-refractivity contribution in [3.63, 3.8) is 0 Å². The molecule has 1 aliphatic carbocycles. The zero-order valence-electron chi connectivity index (χ0n) is 10.6. The first-order valence-electron chi connectivity index (χ1n) is 6.42. The van der Waals surface area contributed by atoms with Crippen LogP contribution in [0.4, 0.5) is 5.69 Å². The summed E-state index contributed by atoms with van der Waals surface area (Å²) in [6.45, 7) is 2.26. The molecule has 18 heavy (non-hydrogen) atoms. The van der Waals surface area contributed by atoms with Crippen LogP contribution in [0.3, 0.4) is 0 Å². The predicted octanol–water partition coefficient (Wildman–Crippen LogP) is 3.23. The summed E-state index contributed by atoms with van der Waals surface area (Å²) in [6.07, 6.45) is 4.51. The van der Waals surface area contributed by atoms with E-state index in [-0.39, 0.29) is 5.91 Å². The van der Waals surface area contributed by atoms with Crippen molar-refractivity contribution in [3.05, 3.63) is 28.8 Å². The Hall–Kier alpha value is -1.22. The van der Waals surface area contributed by atoms with Crippen LogP contribution in [0.1, 0.15) is 43.0 Å². The van der Waals surface area contributed by atoms with E-state index < -0.39 is 0 Å². The Morgan fingerprint density at radius 2 is 2.00 bits per heavy atom. The number of carbonyl (C=O) groups excluding carboxylic acids is 1. The Bertz CT molecular complexity index is 439. The molecule has 1 aromatic carbocycles. The first-order chi connectivity index (χ1) is 8.56. The minimum Gasteiger partial charge on any atom is -0.398 e. The van der Waals surface area contributed by atoms with Gasteiger partial charge in [0.15, 0.2) is 0 Å². The molecule has 0 aliphatic heterocycles. The van der Waals surface area contributed by atoms with Gasteiger partial charge in [-0.1, -0.05) is 18.5 Å². The van der Waals surface area contributed by atoms with Gasteiger partial charge in [0.05, 0.1) is 10.7 Å². The molecule has 3 nitrogen and oxygen atoms in total. The van der Waals surface area contributed by atoms with Crippen LogP contribution in [0.5, 0.6) is 0 Å². The van der Waals surface area contributed by atoms with Gasteiger partial charge in [0.25, 0.3) is 5.91 Å². The van der Waals surface area contributed by atoms with Crippen molar-refractivity contribution in [3.8, 4) is 0 Å². The molecule has 1 amide bonds. The molecule has 2 rings (SSSR count). The highest BCUT2D eigenvalue weighted by Crippen LogP contribution is 2.24. The molecule has 0 bridgehead atoms. The number of nitrogens with two attached hydrogens (primary N) is 1. The molecule has 0 saturated heterocycles. The maximum Gasteiger partial charge on any atom is 0.251 e. The highest BCUT2D eigenvalue weighted by atomic mass is 35.5. The molecule has 1 aliphatic rings. The van der Waals surface area contributed by atoms with E-state index in [4.69, 9.17) is 17.3 Å². The molecule has 0 unspecified atom stereocenters. The topological polar surface area (TPSA) is 55.1 Å². The van der Waals surface area contributed by atoms with E-state index in [9.17, 15) is 4.79 Å². The standard InChI is InChI=1S/C14H19ClN2O/c1-9-2-5-11(6-3-9)17-14(18)10-4-7-12(15)13(16)8-10/h4,7-9,11H,2-3,5-6,16H2,1H3,(H,17,18). The first kappa shape index (κ1) is 13.2. The van der Waals surface area contributed by atoms with Gasteiger partial charge in [-0.3, -0.25) is 4.79 Å². The molecule has 1 aromatic rings. The Labute approximate surface area is 113 Å². The lowest BCUT2D eigenvalue weighted by Crippen LogP contribution is -2.37. The smallest absolute Gasteiger partial charge is 0.251 e. The van der Waals surface area contributed by atoms with Crippen molar-refractivity contribution in [2.45, 2.75) is 38.6 Å². The van der Waals surface area contributed by atoms with E-state index in [1.54, 1.807) is 18.2 Å². The first-order valence-corrected chi connectivity index (χ1v) is 6.80. The van der Waals surface area contributed by atoms with Crippen molar-refractivity contribution in [2.24, 2.45) is 5.92 Å². The summed E-state index contributed by atoms with van der Waals surface area (Å²) >= 11 is 5.84. The quantitative estimate of drug-likeness (QED) is 0.808. The summed E-state index contributed by atoms with van der Waals surface area (Å²) in [5.74, 6) is 0.724. The van der Waals surface area contributed by atoms with Gasteiger partial charge in [-0.2, -0.15) is 0 Å². The number of anilines is 1. The molecular weight excluding hydrogens is 248 g/mol. The Balaban J connectivity index is 1.97. The summed E-state index contributed by atoms with van der Waals surface area (Å²) in [5, 5.41) is 3.55. The number of nitrogen functional groups attached to an aromatic ring is 1. The van der Waals surface area contributed by atoms with Crippen LogP contribution < -0.4 is 11.1 Å². The van der Waals surface area contributed by atoms with Crippen molar-refractivity contribution in [2.75, 3.05) is 5.73 Å². The van der Waals surface area contributed by atoms with E-state index in [2.05, 4.69) is 12.2 Å². The third kappa shape index (κ3) is 3.16. The highest BCUT2D eigenvalue weighted by molar-refractivity contribution is 6.33. The lowest BCUT2D eigenvalue weighted by Gasteiger charge is -2.26. The zero-order valence-corrected chi connectivity index (χ0v) is 11.3. The van der Waals surface area contributed by atoms with Gasteiger partial charge >= 0.3 is 0 Å². The number of benzene rings is 1. The van der Waals surface area contributed by atoms with Gasteiger partial charge in [-0.15, -0.1) is 0 Å². The van der Waals surface area contributed by atoms with Crippen molar-refractivity contribution in [1.82, 2.24) is 5.32 Å². The molecular formula is C14H19ClN2O. The predicted molar refractivity (Wildman–Crippen MR) is 74.8 cm³/mol. The molecule has 1 fully saturated rings. The average Bonchev–Trinajstić information content (AvgIpc) is 2.35. The van der Waals surface area contributed by atoms with Gasteiger partial charge in [0.2, 0.25) is 0 Å². The van der Waals surface area contributed by atoms with Crippen LogP contribution in [0.15, 0.2) is 18.2 Å². The van der Waals surface area contributed by atoms with Crippen molar-refractivity contribution >= 4 is 23.2 Å². The van der Waals surface area contributed by atoms with Crippen LogP contribution in [-0.4, -0.2) is 11.9 Å². The van der Waals surface area contributed by atoms with E-state index in [0.717, 1.165) is 18.8 Å². The van der Waals surface area contributed by atoms with E-state index >= 15 is 0 Å². The Kier molecular flexibility index (Phi) is 4.12. The normalized spacial score (nSPS) is 23.7. The van der Waals surface area contributed by atoms with Gasteiger partial charge in [0, 0.05) is 11.6 Å². The zero-order chi connectivity index (χ0) is 13.1. The number of rotatable bonds is 2. The number of carbonyl (C=O) groups is 1. The maximum atomic E-state index is 12.0. The summed E-state index contributed by atoms with van der Waals surface area (Å²) < 4.78 is 0. The van der Waals surface area contributed by atoms with Gasteiger partial charge in [-0.25, -0.2) is 0 Å². The fourth-order valence-electron chi connectivity index (χ4n) is 2.36. The SMILES string of the molecule is CC1CCC(NC(=O)c2ccc(Cl)c(N)c2)CC1. The summed E-state index contributed by atoms with van der Waals surface area (Å²) in [4.78, 5) is 12.0. The molecule has 0 heterocycles. The number of halogens is 1. The maximum absolute atomic E-state index is 12.0. The average molecular weight is 267 g/mol. The van der Waals surface area contributed by atoms with Gasteiger partial charge < -0.3 is 11.1 Å². The summed E-state index contributed by atoms with van der Waals surface area (Å²) in [5.41, 5.74) is 6.72. The molecule has 98 valence electrons. The van der Waals surface area contributed by atoms with Crippen LogP contribution in [-0.2, 0) is 0 Å². The number of nitrogens with one attached hydrogen (secondary N) is 1. The molecule has 0 radical (unpaired) electrons. The number of hydrogen-bond acceptors (Lipinski definition) is 2. The monoisotopic (exact) mass is 266 g/mol. The fraction of sp³-hybridized carbons (Fsp3) is 0.500. The second-order valence-electron chi connectivity index (χ2n) is 5.17. The second kappa shape index (κ2) is 5.61. The van der Waals surface area contributed by atoms with Crippen LogP contribution in [0, 0.1) is 5.92 Å². The number of amides is 1. The highest BCUT2D eigenvalue weighted by Gasteiger charge is 2.20. The lowest BCUT2D eigenvalue weighted by molar-refractivity contribution is 0.0923. The van der Waals surface area contributed by atoms with Gasteiger partial charge in [0.1, 0.15) is 0 Å². The minimum absolute atomic E-state index is 0.0575. The third-order valence-corrected chi connectivity index (χ3v) is 3.95. The van der Waals surface area contributed by atoms with E-state index in [1.165, 1.54) is 12.8 Å². The lowest BCUT2D eigenvalue weighted by atomic mass is 9.87. The second-order valence-corrected chi connectivity index (χ2v) is 5.57. The van der Waals surface area contributed by atoms with Gasteiger partial charge in [-0.05, 0) is 49.8 Å². The van der Waals surface area contributed by atoms with Crippen LogP contribution in [0.25, 0.3) is 0 Å². The number of hydrogen-bond donors (Lipinski definition) is 2. The summed E-state index contributed by atoms with van der Waals surface area (Å²) in [7, 11) is 0. The van der Waals surface area contributed by atoms with Crippen LogP contribution >= 0.6 is 11.6 Å². The molecule has 0 atom stereocenters. The van der Waals surface area contributed by atoms with E-state index in [0.29, 0.717) is 22.3 Å². The Morgan fingerprint density at radius 3 is 2.61 bits per heavy atom. The van der Waals surface area contributed by atoms with E-state index in [1.807, 2.05) is 0 Å². The van der Waals surface area contributed by atoms with Crippen molar-refractivity contribution < 1.29 is 4.79 Å². The summed E-state index contributed by atoms with van der Waals surface area (Å²) in [6, 6.07) is 5.29. The molecule has 0 spiro atoms. The van der Waals surface area contributed by atoms with Crippen molar-refractivity contribution in [1.29, 1.82) is 0 Å². The largest absolute Gasteiger partial charge is 0.398 e. The molecule has 0 aromatic heterocycles. The Morgan fingerprint density at radius 1 is 1.33 bits per heavy atom. The molecule has 4 heteroatoms. The van der Waals surface area contributed by atoms with Crippen LogP contribution in [0.2, 0.25) is 5.02 Å². The third-order valence-electron chi connectivity index (χ3n) is 3.61. The fourth-order valence-corrected chi connectivity index (χ4v) is 2.48.